The summed E-state index contributed by atoms with van der Waals surface area (Å²) in [6, 6.07) is 0. The fraction of sp³-hybridized carbons (Fsp3) is 0.600. The fourth-order valence-corrected chi connectivity index (χ4v) is 0.694. The van der Waals surface area contributed by atoms with Crippen LogP contribution in [0.4, 0.5) is 0 Å². The molecular weight excluding hydrogens is 289 g/mol. The molecule has 0 spiro atoms. The monoisotopic (exact) mass is 296 g/mol. The van der Waals surface area contributed by atoms with Crippen molar-refractivity contribution in [2.75, 3.05) is 0 Å². The van der Waals surface area contributed by atoms with E-state index in [4.69, 9.17) is 0 Å². The van der Waals surface area contributed by atoms with Gasteiger partial charge in [-0.1, -0.05) is 0 Å². The van der Waals surface area contributed by atoms with Gasteiger partial charge in [-0.25, -0.2) is 0 Å². The molecule has 0 aliphatic rings. The fourth-order valence-electron chi connectivity index (χ4n) is 0.311. The summed E-state index contributed by atoms with van der Waals surface area (Å²) in [6.07, 6.45) is 2.54. The third-order valence-electron chi connectivity index (χ3n) is 0.676. The zero-order valence-electron chi connectivity index (χ0n) is 4.32. The molecule has 0 saturated heterocycles. The van der Waals surface area contributed by atoms with Crippen molar-refractivity contribution in [2.24, 2.45) is 0 Å². The van der Waals surface area contributed by atoms with E-state index < -0.39 is 0 Å². The van der Waals surface area contributed by atoms with Crippen LogP contribution in [0.1, 0.15) is 19.3 Å². The number of hydrogen-bond donors (Lipinski definition) is 0. The van der Waals surface area contributed by atoms with Gasteiger partial charge in [0.15, 0.2) is 0 Å². The predicted molar refractivity (Wildman–Crippen MR) is 24.9 cm³/mol. The van der Waals surface area contributed by atoms with E-state index in [1.54, 1.807) is 0 Å². The molecule has 0 unspecified atom stereocenters. The molecule has 0 amide bonds. The Labute approximate surface area is 60.6 Å². The van der Waals surface area contributed by atoms with Crippen molar-refractivity contribution in [1.29, 1.82) is 0 Å². The van der Waals surface area contributed by atoms with Crippen LogP contribution in [0.15, 0.2) is 0 Å². The van der Waals surface area contributed by atoms with E-state index in [9.17, 15) is 9.59 Å². The van der Waals surface area contributed by atoms with Gasteiger partial charge in [0.1, 0.15) is 0 Å². The number of carbonyl (C=O) groups excluding carboxylic acids is 2. The third kappa shape index (κ3) is 6.08. The van der Waals surface area contributed by atoms with Crippen LogP contribution in [-0.2, 0) is 30.7 Å². The van der Waals surface area contributed by atoms with Gasteiger partial charge in [-0.2, -0.15) is 0 Å². The summed E-state index contributed by atoms with van der Waals surface area (Å²) >= 11 is 1.89. The minimum absolute atomic E-state index is 0.104. The Morgan fingerprint density at radius 1 is 1.62 bits per heavy atom. The van der Waals surface area contributed by atoms with Crippen molar-refractivity contribution in [3.8, 4) is 0 Å². The molecule has 50 valence electrons. The Morgan fingerprint density at radius 3 is 2.62 bits per heavy atom. The first-order valence-electron chi connectivity index (χ1n) is 2.35. The molecule has 0 aliphatic heterocycles. The number of aldehydes is 1. The molecule has 0 aliphatic carbocycles. The Kier molecular flexibility index (Phi) is 5.27. The first-order chi connectivity index (χ1) is 3.77. The molecule has 0 N–H and O–H groups in total. The molecule has 0 rings (SSSR count). The van der Waals surface area contributed by atoms with Crippen molar-refractivity contribution < 1.29 is 30.7 Å². The summed E-state index contributed by atoms with van der Waals surface area (Å²) in [7, 11) is 0. The minimum atomic E-state index is 0.104. The van der Waals surface area contributed by atoms with Crippen molar-refractivity contribution in [1.82, 2.24) is 0 Å². The van der Waals surface area contributed by atoms with Gasteiger partial charge < -0.3 is 0 Å². The van der Waals surface area contributed by atoms with Gasteiger partial charge in [-0.3, -0.25) is 0 Å². The summed E-state index contributed by atoms with van der Waals surface area (Å²) in [6.45, 7) is 0. The van der Waals surface area contributed by atoms with E-state index in [0.29, 0.717) is 19.3 Å². The second-order valence-electron chi connectivity index (χ2n) is 1.37. The molecule has 8 heavy (non-hydrogen) atoms. The van der Waals surface area contributed by atoms with Gasteiger partial charge in [0.2, 0.25) is 0 Å². The average molecular weight is 296 g/mol. The average Bonchev–Trinajstić information content (AvgIpc) is 1.66. The summed E-state index contributed by atoms with van der Waals surface area (Å²) in [5.74, 6) is 0. The molecule has 0 aromatic rings. The van der Waals surface area contributed by atoms with Crippen molar-refractivity contribution in [2.45, 2.75) is 19.3 Å². The first kappa shape index (κ1) is 8.08. The number of hydrogen-bond acceptors (Lipinski definition) is 2. The summed E-state index contributed by atoms with van der Waals surface area (Å²) < 4.78 is 0.104. The van der Waals surface area contributed by atoms with Gasteiger partial charge in [-0.15, -0.1) is 0 Å². The molecule has 0 bridgehead atoms. The van der Waals surface area contributed by atoms with E-state index in [1.807, 2.05) is 21.1 Å². The third-order valence-corrected chi connectivity index (χ3v) is 1.22. The molecule has 3 heteroatoms. The normalized spacial score (nSPS) is 8.75. The maximum atomic E-state index is 10.2. The molecule has 0 heterocycles. The molecule has 0 fully saturated rings. The zero-order chi connectivity index (χ0) is 6.41. The second-order valence-corrected chi connectivity index (χ2v) is 2.58. The van der Waals surface area contributed by atoms with Crippen LogP contribution in [0.5, 0.6) is 0 Å². The molecule has 0 aromatic heterocycles. The van der Waals surface area contributed by atoms with Crippen LogP contribution in [0.3, 0.4) is 0 Å². The molecular formula is C5H7AuO2. The van der Waals surface area contributed by atoms with E-state index in [0.717, 1.165) is 6.29 Å². The maximum absolute atomic E-state index is 10.2. The molecule has 0 saturated carbocycles. The Hall–Kier alpha value is 0.0803. The summed E-state index contributed by atoms with van der Waals surface area (Å²) in [5.41, 5.74) is 0. The molecule has 2 nitrogen and oxygen atoms in total. The topological polar surface area (TPSA) is 34.1 Å². The van der Waals surface area contributed by atoms with Gasteiger partial charge in [0.05, 0.1) is 0 Å². The van der Waals surface area contributed by atoms with Crippen LogP contribution in [0, 0.1) is 0 Å². The van der Waals surface area contributed by atoms with E-state index in [1.165, 1.54) is 0 Å². The van der Waals surface area contributed by atoms with Gasteiger partial charge in [0, 0.05) is 0 Å². The zero-order valence-corrected chi connectivity index (χ0v) is 6.48. The van der Waals surface area contributed by atoms with Crippen molar-refractivity contribution in [3.05, 3.63) is 0 Å². The van der Waals surface area contributed by atoms with Crippen LogP contribution >= 0.6 is 0 Å². The van der Waals surface area contributed by atoms with E-state index in [2.05, 4.69) is 0 Å². The standard InChI is InChI=1S/C5H7O2.Au/c6-4-2-1-3-5-7;/h4H,1-3H2;. The van der Waals surface area contributed by atoms with Crippen LogP contribution in [0.25, 0.3) is 0 Å². The van der Waals surface area contributed by atoms with Crippen molar-refractivity contribution >= 4 is 10.3 Å². The Balaban J connectivity index is 2.93. The van der Waals surface area contributed by atoms with Gasteiger partial charge in [0.25, 0.3) is 0 Å². The van der Waals surface area contributed by atoms with Gasteiger partial charge in [-0.05, 0) is 0 Å². The molecule has 0 atom stereocenters. The van der Waals surface area contributed by atoms with Crippen LogP contribution < -0.4 is 0 Å². The van der Waals surface area contributed by atoms with Crippen LogP contribution in [0.2, 0.25) is 0 Å². The van der Waals surface area contributed by atoms with Crippen LogP contribution in [-0.4, -0.2) is 10.3 Å². The Bertz CT molecular complexity index is 90.4. The number of rotatable bonds is 4. The van der Waals surface area contributed by atoms with E-state index >= 15 is 0 Å². The Morgan fingerprint density at radius 2 is 2.25 bits per heavy atom. The quantitative estimate of drug-likeness (QED) is 0.428. The van der Waals surface area contributed by atoms with E-state index in [-0.39, 0.29) is 4.00 Å². The molecule has 0 aromatic carbocycles. The van der Waals surface area contributed by atoms with Crippen molar-refractivity contribution in [3.63, 3.8) is 0 Å². The summed E-state index contributed by atoms with van der Waals surface area (Å²) in [5, 5.41) is 0. The predicted octanol–water partition coefficient (Wildman–Crippen LogP) is 0.429. The second kappa shape index (κ2) is 5.22. The van der Waals surface area contributed by atoms with Gasteiger partial charge >= 0.3 is 60.2 Å². The number of carbonyl (C=O) groups is 2. The SMILES string of the molecule is O=CCCC[C](=O)[Au]. The summed E-state index contributed by atoms with van der Waals surface area (Å²) in [4.78, 5) is 19.8. The first-order valence-corrected chi connectivity index (χ1v) is 3.44. The number of unbranched alkanes of at least 4 members (excludes halogenated alkanes) is 1. The molecule has 0 radical (unpaired) electrons.